The van der Waals surface area contributed by atoms with E-state index in [1.807, 2.05) is 32.2 Å². The average molecular weight is 310 g/mol. The second-order valence-corrected chi connectivity index (χ2v) is 5.24. The van der Waals surface area contributed by atoms with Crippen LogP contribution in [0, 0.1) is 17.0 Å². The lowest BCUT2D eigenvalue weighted by molar-refractivity contribution is -0.384. The number of carbonyl (C=O) groups excluding carboxylic acids is 1. The number of hydrogen-bond donors (Lipinski definition) is 1. The second kappa shape index (κ2) is 5.53. The van der Waals surface area contributed by atoms with Crippen LogP contribution in [0.3, 0.4) is 0 Å². The number of aromatic nitrogens is 2. The number of benzene rings is 2. The van der Waals surface area contributed by atoms with Crippen molar-refractivity contribution in [1.82, 2.24) is 9.55 Å². The van der Waals surface area contributed by atoms with Crippen LogP contribution in [0.4, 0.5) is 11.6 Å². The predicted octanol–water partition coefficient (Wildman–Crippen LogP) is 3.04. The first-order chi connectivity index (χ1) is 11.0. The number of carbonyl (C=O) groups is 1. The van der Waals surface area contributed by atoms with Gasteiger partial charge in [-0.25, -0.2) is 4.98 Å². The highest BCUT2D eigenvalue weighted by molar-refractivity contribution is 6.04. The van der Waals surface area contributed by atoms with E-state index in [9.17, 15) is 14.9 Å². The van der Waals surface area contributed by atoms with Crippen LogP contribution in [0.25, 0.3) is 11.0 Å². The van der Waals surface area contributed by atoms with Gasteiger partial charge in [0.25, 0.3) is 11.6 Å². The van der Waals surface area contributed by atoms with Crippen molar-refractivity contribution in [3.05, 3.63) is 63.7 Å². The molecule has 116 valence electrons. The van der Waals surface area contributed by atoms with Gasteiger partial charge in [0, 0.05) is 24.7 Å². The monoisotopic (exact) mass is 310 g/mol. The summed E-state index contributed by atoms with van der Waals surface area (Å²) in [6, 6.07) is 11.3. The Morgan fingerprint density at radius 1 is 1.22 bits per heavy atom. The number of aryl methyl sites for hydroxylation is 2. The molecular weight excluding hydrogens is 296 g/mol. The largest absolute Gasteiger partial charge is 0.313 e. The number of fused-ring (bicyclic) bond motifs is 1. The Morgan fingerprint density at radius 3 is 2.57 bits per heavy atom. The molecule has 1 aromatic heterocycles. The van der Waals surface area contributed by atoms with E-state index in [2.05, 4.69) is 10.3 Å². The molecule has 0 spiro atoms. The van der Waals surface area contributed by atoms with Gasteiger partial charge in [-0.3, -0.25) is 20.2 Å². The molecule has 23 heavy (non-hydrogen) atoms. The number of nitro benzene ring substituents is 1. The van der Waals surface area contributed by atoms with Crippen LogP contribution in [-0.2, 0) is 7.05 Å². The van der Waals surface area contributed by atoms with Crippen molar-refractivity contribution in [2.24, 2.45) is 7.05 Å². The molecule has 1 amide bonds. The maximum Gasteiger partial charge on any atom is 0.269 e. The van der Waals surface area contributed by atoms with Gasteiger partial charge in [-0.05, 0) is 36.8 Å². The molecule has 1 heterocycles. The molecule has 0 saturated carbocycles. The van der Waals surface area contributed by atoms with E-state index in [1.54, 1.807) is 4.57 Å². The minimum atomic E-state index is -0.504. The van der Waals surface area contributed by atoms with Gasteiger partial charge in [-0.1, -0.05) is 6.07 Å². The number of non-ortho nitro benzene ring substituents is 1. The lowest BCUT2D eigenvalue weighted by Crippen LogP contribution is -2.15. The highest BCUT2D eigenvalue weighted by atomic mass is 16.6. The fraction of sp³-hybridized carbons (Fsp3) is 0.125. The van der Waals surface area contributed by atoms with E-state index in [1.165, 1.54) is 24.3 Å². The summed E-state index contributed by atoms with van der Waals surface area (Å²) in [6.07, 6.45) is 0. The molecule has 7 nitrogen and oxygen atoms in total. The molecule has 0 saturated heterocycles. The third kappa shape index (κ3) is 2.76. The Hall–Kier alpha value is -3.22. The number of nitro groups is 1. The van der Waals surface area contributed by atoms with Crippen LogP contribution in [0.2, 0.25) is 0 Å². The van der Waals surface area contributed by atoms with Crippen molar-refractivity contribution in [3.8, 4) is 0 Å². The Balaban J connectivity index is 1.87. The van der Waals surface area contributed by atoms with E-state index >= 15 is 0 Å². The summed E-state index contributed by atoms with van der Waals surface area (Å²) < 4.78 is 1.79. The SMILES string of the molecule is Cc1ccc2c(c1)nc(NC(=O)c1ccc([N+](=O)[O-])cc1)n2C. The van der Waals surface area contributed by atoms with Crippen LogP contribution in [-0.4, -0.2) is 20.4 Å². The van der Waals surface area contributed by atoms with Gasteiger partial charge in [-0.2, -0.15) is 0 Å². The fourth-order valence-electron chi connectivity index (χ4n) is 2.33. The number of anilines is 1. The van der Waals surface area contributed by atoms with Gasteiger partial charge in [-0.15, -0.1) is 0 Å². The zero-order chi connectivity index (χ0) is 16.6. The van der Waals surface area contributed by atoms with Crippen LogP contribution in [0.15, 0.2) is 42.5 Å². The van der Waals surface area contributed by atoms with E-state index in [0.717, 1.165) is 16.6 Å². The van der Waals surface area contributed by atoms with Gasteiger partial charge in [0.2, 0.25) is 5.95 Å². The lowest BCUT2D eigenvalue weighted by Gasteiger charge is -2.05. The molecular formula is C16H14N4O3. The normalized spacial score (nSPS) is 10.7. The second-order valence-electron chi connectivity index (χ2n) is 5.24. The Morgan fingerprint density at radius 2 is 1.91 bits per heavy atom. The van der Waals surface area contributed by atoms with E-state index in [4.69, 9.17) is 0 Å². The molecule has 2 aromatic carbocycles. The fourth-order valence-corrected chi connectivity index (χ4v) is 2.33. The van der Waals surface area contributed by atoms with Crippen molar-refractivity contribution < 1.29 is 9.72 Å². The molecule has 0 atom stereocenters. The first-order valence-electron chi connectivity index (χ1n) is 6.94. The summed E-state index contributed by atoms with van der Waals surface area (Å²) >= 11 is 0. The number of imidazole rings is 1. The Bertz CT molecular complexity index is 913. The van der Waals surface area contributed by atoms with Crippen molar-refractivity contribution in [1.29, 1.82) is 0 Å². The zero-order valence-corrected chi connectivity index (χ0v) is 12.6. The topological polar surface area (TPSA) is 90.1 Å². The molecule has 0 aliphatic rings. The smallest absolute Gasteiger partial charge is 0.269 e. The third-order valence-electron chi connectivity index (χ3n) is 3.60. The molecule has 3 aromatic rings. The Kier molecular flexibility index (Phi) is 3.53. The molecule has 1 N–H and O–H groups in total. The first kappa shape index (κ1) is 14.7. The summed E-state index contributed by atoms with van der Waals surface area (Å²) in [7, 11) is 1.82. The highest BCUT2D eigenvalue weighted by Crippen LogP contribution is 2.20. The van der Waals surface area contributed by atoms with Crippen LogP contribution in [0.5, 0.6) is 0 Å². The summed E-state index contributed by atoms with van der Waals surface area (Å²) in [5, 5.41) is 13.4. The van der Waals surface area contributed by atoms with Crippen molar-refractivity contribution in [2.75, 3.05) is 5.32 Å². The standard InChI is InChI=1S/C16H14N4O3/c1-10-3-8-14-13(9-10)17-16(19(14)2)18-15(21)11-4-6-12(7-5-11)20(22)23/h3-9H,1-2H3,(H,17,18,21). The van der Waals surface area contributed by atoms with Gasteiger partial charge < -0.3 is 4.57 Å². The van der Waals surface area contributed by atoms with Gasteiger partial charge in [0.1, 0.15) is 0 Å². The van der Waals surface area contributed by atoms with Crippen LogP contribution in [0.1, 0.15) is 15.9 Å². The van der Waals surface area contributed by atoms with E-state index in [0.29, 0.717) is 11.5 Å². The summed E-state index contributed by atoms with van der Waals surface area (Å²) in [5.41, 5.74) is 3.07. The van der Waals surface area contributed by atoms with Gasteiger partial charge >= 0.3 is 0 Å². The molecule has 0 aliphatic carbocycles. The quantitative estimate of drug-likeness (QED) is 0.594. The van der Waals surface area contributed by atoms with Gasteiger partial charge in [0.05, 0.1) is 16.0 Å². The molecule has 0 fully saturated rings. The number of hydrogen-bond acceptors (Lipinski definition) is 4. The summed E-state index contributed by atoms with van der Waals surface area (Å²) in [5.74, 6) is 0.0592. The number of nitrogens with one attached hydrogen (secondary N) is 1. The molecule has 0 bridgehead atoms. The maximum absolute atomic E-state index is 12.3. The van der Waals surface area contributed by atoms with E-state index in [-0.39, 0.29) is 11.6 Å². The molecule has 0 unspecified atom stereocenters. The van der Waals surface area contributed by atoms with Crippen molar-refractivity contribution in [2.45, 2.75) is 6.92 Å². The minimum absolute atomic E-state index is 0.0558. The molecule has 3 rings (SSSR count). The van der Waals surface area contributed by atoms with Crippen LogP contribution >= 0.6 is 0 Å². The zero-order valence-electron chi connectivity index (χ0n) is 12.6. The van der Waals surface area contributed by atoms with Gasteiger partial charge in [0.15, 0.2) is 0 Å². The maximum atomic E-state index is 12.3. The molecule has 7 heteroatoms. The number of amides is 1. The first-order valence-corrected chi connectivity index (χ1v) is 6.94. The number of nitrogens with zero attached hydrogens (tertiary/aromatic N) is 3. The van der Waals surface area contributed by atoms with Crippen LogP contribution < -0.4 is 5.32 Å². The Labute approximate surface area is 131 Å². The van der Waals surface area contributed by atoms with E-state index < -0.39 is 4.92 Å². The summed E-state index contributed by atoms with van der Waals surface area (Å²) in [6.45, 7) is 1.98. The highest BCUT2D eigenvalue weighted by Gasteiger charge is 2.13. The summed E-state index contributed by atoms with van der Waals surface area (Å²) in [4.78, 5) is 26.8. The molecule has 0 aliphatic heterocycles. The average Bonchev–Trinajstić information content (AvgIpc) is 2.82. The van der Waals surface area contributed by atoms with Crippen molar-refractivity contribution >= 4 is 28.6 Å². The predicted molar refractivity (Wildman–Crippen MR) is 86.5 cm³/mol. The van der Waals surface area contributed by atoms with Crippen molar-refractivity contribution in [3.63, 3.8) is 0 Å². The third-order valence-corrected chi connectivity index (χ3v) is 3.60. The lowest BCUT2D eigenvalue weighted by atomic mass is 10.2. The minimum Gasteiger partial charge on any atom is -0.313 e. The molecule has 0 radical (unpaired) electrons. The number of rotatable bonds is 3.